The quantitative estimate of drug-likeness (QED) is 0.678. The van der Waals surface area contributed by atoms with E-state index in [0.717, 1.165) is 13.0 Å². The first-order valence-corrected chi connectivity index (χ1v) is 4.99. The highest BCUT2D eigenvalue weighted by atomic mass is 16.5. The summed E-state index contributed by atoms with van der Waals surface area (Å²) in [5, 5.41) is 2.74. The minimum absolute atomic E-state index is 0.0310. The van der Waals surface area contributed by atoms with Gasteiger partial charge in [-0.3, -0.25) is 0 Å². The Balaban J connectivity index is 2.33. The maximum Gasteiger partial charge on any atom is 0.407 e. The molecule has 0 spiro atoms. The van der Waals surface area contributed by atoms with Crippen molar-refractivity contribution < 1.29 is 14.3 Å². The van der Waals surface area contributed by atoms with Crippen molar-refractivity contribution in [3.05, 3.63) is 0 Å². The molecule has 82 valence electrons. The number of carbonyl (C=O) groups is 1. The molecule has 0 aromatic rings. The van der Waals surface area contributed by atoms with E-state index in [4.69, 9.17) is 15.2 Å². The van der Waals surface area contributed by atoms with E-state index in [1.165, 1.54) is 0 Å². The van der Waals surface area contributed by atoms with Crippen molar-refractivity contribution in [1.29, 1.82) is 0 Å². The molecule has 1 rings (SSSR count). The average Bonchev–Trinajstić information content (AvgIpc) is 2.67. The van der Waals surface area contributed by atoms with E-state index in [0.29, 0.717) is 25.7 Å². The first-order chi connectivity index (χ1) is 6.77. The molecule has 0 aliphatic carbocycles. The smallest absolute Gasteiger partial charge is 0.407 e. The number of ether oxygens (including phenoxy) is 2. The summed E-state index contributed by atoms with van der Waals surface area (Å²) >= 11 is 0. The predicted molar refractivity (Wildman–Crippen MR) is 51.9 cm³/mol. The molecule has 5 heteroatoms. The SMILES string of the molecule is CCOC(=O)NC(CN)C1CCOC1. The molecule has 3 N–H and O–H groups in total. The highest BCUT2D eigenvalue weighted by molar-refractivity contribution is 5.67. The third-order valence-corrected chi connectivity index (χ3v) is 2.37. The molecule has 1 aliphatic heterocycles. The van der Waals surface area contributed by atoms with Gasteiger partial charge < -0.3 is 20.5 Å². The summed E-state index contributed by atoms with van der Waals surface area (Å²) in [7, 11) is 0. The van der Waals surface area contributed by atoms with Crippen LogP contribution in [0.4, 0.5) is 4.79 Å². The highest BCUT2D eigenvalue weighted by Crippen LogP contribution is 2.16. The number of hydrogen-bond acceptors (Lipinski definition) is 4. The van der Waals surface area contributed by atoms with Crippen molar-refractivity contribution in [2.24, 2.45) is 11.7 Å². The molecule has 5 nitrogen and oxygen atoms in total. The van der Waals surface area contributed by atoms with Gasteiger partial charge in [0.25, 0.3) is 0 Å². The zero-order valence-corrected chi connectivity index (χ0v) is 8.49. The van der Waals surface area contributed by atoms with Gasteiger partial charge in [0.15, 0.2) is 0 Å². The van der Waals surface area contributed by atoms with Gasteiger partial charge in [-0.15, -0.1) is 0 Å². The molecule has 0 aromatic heterocycles. The number of hydrogen-bond donors (Lipinski definition) is 2. The second-order valence-electron chi connectivity index (χ2n) is 3.33. The van der Waals surface area contributed by atoms with E-state index in [-0.39, 0.29) is 6.04 Å². The van der Waals surface area contributed by atoms with Gasteiger partial charge >= 0.3 is 6.09 Å². The van der Waals surface area contributed by atoms with Crippen LogP contribution in [0.2, 0.25) is 0 Å². The second-order valence-corrected chi connectivity index (χ2v) is 3.33. The number of nitrogens with one attached hydrogen (secondary N) is 1. The lowest BCUT2D eigenvalue weighted by atomic mass is 9.99. The summed E-state index contributed by atoms with van der Waals surface area (Å²) in [6.07, 6.45) is 0.559. The van der Waals surface area contributed by atoms with Crippen LogP contribution in [0.25, 0.3) is 0 Å². The lowest BCUT2D eigenvalue weighted by molar-refractivity contribution is 0.140. The molecule has 1 aliphatic rings. The van der Waals surface area contributed by atoms with Crippen molar-refractivity contribution >= 4 is 6.09 Å². The minimum Gasteiger partial charge on any atom is -0.450 e. The number of nitrogens with two attached hydrogens (primary N) is 1. The standard InChI is InChI=1S/C9H18N2O3/c1-2-14-9(12)11-8(5-10)7-3-4-13-6-7/h7-8H,2-6,10H2,1H3,(H,11,12). The highest BCUT2D eigenvalue weighted by Gasteiger charge is 2.26. The fourth-order valence-electron chi connectivity index (χ4n) is 1.56. The van der Waals surface area contributed by atoms with Crippen LogP contribution in [0.1, 0.15) is 13.3 Å². The zero-order valence-electron chi connectivity index (χ0n) is 8.49. The van der Waals surface area contributed by atoms with Crippen molar-refractivity contribution in [3.63, 3.8) is 0 Å². The van der Waals surface area contributed by atoms with Crippen LogP contribution < -0.4 is 11.1 Å². The Morgan fingerprint density at radius 2 is 2.57 bits per heavy atom. The van der Waals surface area contributed by atoms with Gasteiger partial charge in [-0.1, -0.05) is 0 Å². The predicted octanol–water partition coefficient (Wildman–Crippen LogP) is 0.0963. The molecule has 14 heavy (non-hydrogen) atoms. The largest absolute Gasteiger partial charge is 0.450 e. The number of carbonyl (C=O) groups excluding carboxylic acids is 1. The van der Waals surface area contributed by atoms with Crippen molar-refractivity contribution in [3.8, 4) is 0 Å². The van der Waals surface area contributed by atoms with Crippen LogP contribution in [-0.2, 0) is 9.47 Å². The summed E-state index contributed by atoms with van der Waals surface area (Å²) in [6, 6.07) is -0.0310. The van der Waals surface area contributed by atoms with Gasteiger partial charge in [-0.2, -0.15) is 0 Å². The Hall–Kier alpha value is -0.810. The molecule has 2 unspecified atom stereocenters. The molecule has 0 radical (unpaired) electrons. The summed E-state index contributed by atoms with van der Waals surface area (Å²) in [4.78, 5) is 11.1. The third-order valence-electron chi connectivity index (χ3n) is 2.37. The Bertz CT molecular complexity index is 181. The molecule has 2 atom stereocenters. The summed E-state index contributed by atoms with van der Waals surface area (Å²) in [6.45, 7) is 4.01. The molecule has 1 amide bonds. The fraction of sp³-hybridized carbons (Fsp3) is 0.889. The van der Waals surface area contributed by atoms with Crippen LogP contribution in [0.5, 0.6) is 0 Å². The first kappa shape index (κ1) is 11.3. The van der Waals surface area contributed by atoms with E-state index < -0.39 is 6.09 Å². The van der Waals surface area contributed by atoms with Crippen LogP contribution in [0.3, 0.4) is 0 Å². The van der Waals surface area contributed by atoms with Crippen LogP contribution in [0.15, 0.2) is 0 Å². The lowest BCUT2D eigenvalue weighted by Gasteiger charge is -2.21. The third kappa shape index (κ3) is 3.16. The maximum absolute atomic E-state index is 11.1. The summed E-state index contributed by atoms with van der Waals surface area (Å²) in [5.74, 6) is 0.324. The second kappa shape index (κ2) is 5.82. The van der Waals surface area contributed by atoms with Gasteiger partial charge in [-0.05, 0) is 13.3 Å². The van der Waals surface area contributed by atoms with E-state index in [9.17, 15) is 4.79 Å². The van der Waals surface area contributed by atoms with Gasteiger partial charge in [0.2, 0.25) is 0 Å². The van der Waals surface area contributed by atoms with Crippen molar-refractivity contribution in [2.45, 2.75) is 19.4 Å². The van der Waals surface area contributed by atoms with Gasteiger partial charge in [0, 0.05) is 25.1 Å². The van der Waals surface area contributed by atoms with Gasteiger partial charge in [0.1, 0.15) is 0 Å². The first-order valence-electron chi connectivity index (χ1n) is 4.99. The van der Waals surface area contributed by atoms with Crippen molar-refractivity contribution in [1.82, 2.24) is 5.32 Å². The Morgan fingerprint density at radius 1 is 1.79 bits per heavy atom. The molecular formula is C9H18N2O3. The molecule has 0 aromatic carbocycles. The summed E-state index contributed by atoms with van der Waals surface area (Å²) < 4.78 is 10.0. The van der Waals surface area contributed by atoms with E-state index in [1.54, 1.807) is 6.92 Å². The molecule has 1 heterocycles. The topological polar surface area (TPSA) is 73.6 Å². The maximum atomic E-state index is 11.1. The summed E-state index contributed by atoms with van der Waals surface area (Å²) in [5.41, 5.74) is 5.57. The fourth-order valence-corrected chi connectivity index (χ4v) is 1.56. The number of rotatable bonds is 4. The van der Waals surface area contributed by atoms with Crippen molar-refractivity contribution in [2.75, 3.05) is 26.4 Å². The Labute approximate surface area is 83.9 Å². The van der Waals surface area contributed by atoms with Gasteiger partial charge in [0.05, 0.1) is 13.2 Å². The molecule has 1 saturated heterocycles. The van der Waals surface area contributed by atoms with E-state index in [2.05, 4.69) is 5.32 Å². The molecule has 0 saturated carbocycles. The normalized spacial score (nSPS) is 23.1. The Kier molecular flexibility index (Phi) is 4.69. The van der Waals surface area contributed by atoms with Crippen LogP contribution in [0, 0.1) is 5.92 Å². The zero-order chi connectivity index (χ0) is 10.4. The molecule has 0 bridgehead atoms. The Morgan fingerprint density at radius 3 is 3.07 bits per heavy atom. The van der Waals surface area contributed by atoms with E-state index in [1.807, 2.05) is 0 Å². The van der Waals surface area contributed by atoms with E-state index >= 15 is 0 Å². The van der Waals surface area contributed by atoms with Crippen LogP contribution in [-0.4, -0.2) is 38.5 Å². The van der Waals surface area contributed by atoms with Crippen LogP contribution >= 0.6 is 0 Å². The molecule has 1 fully saturated rings. The molecular weight excluding hydrogens is 184 g/mol. The minimum atomic E-state index is -0.394. The average molecular weight is 202 g/mol. The monoisotopic (exact) mass is 202 g/mol. The van der Waals surface area contributed by atoms with Gasteiger partial charge in [-0.25, -0.2) is 4.79 Å². The number of amides is 1. The lowest BCUT2D eigenvalue weighted by Crippen LogP contribution is -2.45. The number of alkyl carbamates (subject to hydrolysis) is 1.